The molecule has 10 heavy (non-hydrogen) atoms. The average Bonchev–Trinajstić information content (AvgIpc) is 2.43. The van der Waals surface area contributed by atoms with Gasteiger partial charge in [-0.1, -0.05) is 0 Å². The van der Waals surface area contributed by atoms with Crippen molar-refractivity contribution in [3.05, 3.63) is 0 Å². The van der Waals surface area contributed by atoms with Crippen LogP contribution in [0.4, 0.5) is 0 Å². The van der Waals surface area contributed by atoms with Crippen LogP contribution in [0.1, 0.15) is 6.92 Å². The Balaban J connectivity index is 2.73. The van der Waals surface area contributed by atoms with E-state index in [2.05, 4.69) is 5.32 Å². The topological polar surface area (TPSA) is 103 Å². The maximum Gasteiger partial charge on any atom is 0.345 e. The molecule has 2 atom stereocenters. The predicted molar refractivity (Wildman–Crippen MR) is 33.0 cm³/mol. The zero-order valence-electron chi connectivity index (χ0n) is 5.27. The van der Waals surface area contributed by atoms with Crippen LogP contribution in [0.5, 0.6) is 0 Å². The summed E-state index contributed by atoms with van der Waals surface area (Å²) in [6, 6.07) is 1.77. The Hall–Kier alpha value is -0.400. The second-order valence-corrected chi connectivity index (χ2v) is 4.14. The van der Waals surface area contributed by atoms with Gasteiger partial charge in [0, 0.05) is 0 Å². The first kappa shape index (κ1) is 7.70. The van der Waals surface area contributed by atoms with Crippen LogP contribution >= 0.6 is 7.60 Å². The average molecular weight is 162 g/mol. The number of nitrogens with zero attached hydrogens (tertiary/aromatic N) is 1. The Labute approximate surface area is 57.8 Å². The van der Waals surface area contributed by atoms with Crippen LogP contribution in [-0.2, 0) is 4.57 Å². The van der Waals surface area contributed by atoms with Crippen molar-refractivity contribution < 1.29 is 14.4 Å². The van der Waals surface area contributed by atoms with Crippen molar-refractivity contribution >= 4 is 7.60 Å². The molecule has 1 aliphatic rings. The molecule has 3 N–H and O–H groups in total. The summed E-state index contributed by atoms with van der Waals surface area (Å²) in [4.78, 5) is 17.0. The Morgan fingerprint density at radius 3 is 2.40 bits per heavy atom. The van der Waals surface area contributed by atoms with Crippen molar-refractivity contribution in [2.75, 3.05) is 0 Å². The molecule has 0 bridgehead atoms. The molecule has 56 valence electrons. The van der Waals surface area contributed by atoms with E-state index in [4.69, 9.17) is 15.0 Å². The van der Waals surface area contributed by atoms with Crippen LogP contribution in [0.15, 0.2) is 0 Å². The lowest BCUT2D eigenvalue weighted by molar-refractivity contribution is 0.369. The van der Waals surface area contributed by atoms with Gasteiger partial charge in [-0.05, 0) is 6.92 Å². The molecular formula is C4H7N2O3P. The van der Waals surface area contributed by atoms with Gasteiger partial charge in [-0.2, -0.15) is 5.26 Å². The van der Waals surface area contributed by atoms with Gasteiger partial charge in [-0.15, -0.1) is 0 Å². The Kier molecular flexibility index (Phi) is 1.39. The standard InChI is InChI=1S/C4H7N2O3P/c1-4(2-5)3(6-4)10(7,8)9/h3,6H,1H3,(H2,7,8,9)/t3-,4-/m0/s1. The number of nitrogens with one attached hydrogen (secondary N) is 1. The van der Waals surface area contributed by atoms with E-state index in [0.717, 1.165) is 0 Å². The largest absolute Gasteiger partial charge is 0.345 e. The van der Waals surface area contributed by atoms with Gasteiger partial charge in [-0.3, -0.25) is 9.88 Å². The Morgan fingerprint density at radius 2 is 2.30 bits per heavy atom. The molecular weight excluding hydrogens is 155 g/mol. The first-order valence-corrected chi connectivity index (χ1v) is 4.32. The number of nitriles is 1. The predicted octanol–water partition coefficient (Wildman–Crippen LogP) is -0.624. The summed E-state index contributed by atoms with van der Waals surface area (Å²) >= 11 is 0. The number of hydrogen-bond acceptors (Lipinski definition) is 3. The molecule has 0 saturated carbocycles. The molecule has 5 nitrogen and oxygen atoms in total. The van der Waals surface area contributed by atoms with Crippen LogP contribution in [0.3, 0.4) is 0 Å². The van der Waals surface area contributed by atoms with E-state index < -0.39 is 18.9 Å². The van der Waals surface area contributed by atoms with E-state index >= 15 is 0 Å². The van der Waals surface area contributed by atoms with Crippen LogP contribution in [0.25, 0.3) is 0 Å². The zero-order valence-corrected chi connectivity index (χ0v) is 6.17. The third-order valence-corrected chi connectivity index (χ3v) is 2.79. The fraction of sp³-hybridized carbons (Fsp3) is 0.750. The summed E-state index contributed by atoms with van der Waals surface area (Å²) in [5, 5.41) is 10.8. The second-order valence-electron chi connectivity index (χ2n) is 2.45. The maximum atomic E-state index is 10.4. The second kappa shape index (κ2) is 1.80. The van der Waals surface area contributed by atoms with Gasteiger partial charge in [0.2, 0.25) is 0 Å². The van der Waals surface area contributed by atoms with E-state index in [9.17, 15) is 4.57 Å². The van der Waals surface area contributed by atoms with Crippen molar-refractivity contribution in [3.63, 3.8) is 0 Å². The first-order chi connectivity index (χ1) is 4.40. The molecule has 0 radical (unpaired) electrons. The van der Waals surface area contributed by atoms with Crippen LogP contribution < -0.4 is 5.32 Å². The van der Waals surface area contributed by atoms with Crippen LogP contribution in [0.2, 0.25) is 0 Å². The van der Waals surface area contributed by atoms with Gasteiger partial charge < -0.3 is 9.79 Å². The summed E-state index contributed by atoms with van der Waals surface area (Å²) in [6.45, 7) is 1.46. The molecule has 0 unspecified atom stereocenters. The van der Waals surface area contributed by atoms with E-state index in [1.165, 1.54) is 6.92 Å². The highest BCUT2D eigenvalue weighted by Crippen LogP contribution is 2.52. The Morgan fingerprint density at radius 1 is 1.80 bits per heavy atom. The molecule has 0 aromatic heterocycles. The van der Waals surface area contributed by atoms with Crippen LogP contribution in [-0.4, -0.2) is 21.1 Å². The number of hydrogen-bond donors (Lipinski definition) is 3. The molecule has 0 aromatic carbocycles. The van der Waals surface area contributed by atoms with E-state index in [-0.39, 0.29) is 0 Å². The molecule has 1 aliphatic heterocycles. The van der Waals surface area contributed by atoms with Crippen molar-refractivity contribution in [1.82, 2.24) is 5.32 Å². The lowest BCUT2D eigenvalue weighted by Gasteiger charge is -1.98. The zero-order chi connectivity index (χ0) is 7.99. The molecule has 0 spiro atoms. The van der Waals surface area contributed by atoms with Gasteiger partial charge in [0.05, 0.1) is 6.07 Å². The molecule has 1 heterocycles. The molecule has 0 aliphatic carbocycles. The van der Waals surface area contributed by atoms with E-state index in [0.29, 0.717) is 0 Å². The van der Waals surface area contributed by atoms with Gasteiger partial charge in [0.1, 0.15) is 11.3 Å². The third-order valence-electron chi connectivity index (χ3n) is 1.47. The summed E-state index contributed by atoms with van der Waals surface area (Å²) in [5.41, 5.74) is -1.01. The highest BCUT2D eigenvalue weighted by Gasteiger charge is 2.60. The number of rotatable bonds is 1. The molecule has 6 heteroatoms. The van der Waals surface area contributed by atoms with Gasteiger partial charge >= 0.3 is 7.60 Å². The summed E-state index contributed by atoms with van der Waals surface area (Å²) in [7, 11) is -4.10. The fourth-order valence-electron chi connectivity index (χ4n) is 0.756. The van der Waals surface area contributed by atoms with Crippen molar-refractivity contribution in [1.29, 1.82) is 5.26 Å². The van der Waals surface area contributed by atoms with Crippen molar-refractivity contribution in [2.45, 2.75) is 18.2 Å². The SMILES string of the molecule is C[C@@]1(C#N)N[C@H]1P(=O)(O)O. The molecule has 1 rings (SSSR count). The van der Waals surface area contributed by atoms with E-state index in [1.54, 1.807) is 6.07 Å². The monoisotopic (exact) mass is 162 g/mol. The minimum atomic E-state index is -4.10. The van der Waals surface area contributed by atoms with Crippen molar-refractivity contribution in [2.24, 2.45) is 0 Å². The maximum absolute atomic E-state index is 10.4. The molecule has 0 amide bonds. The van der Waals surface area contributed by atoms with Gasteiger partial charge in [-0.25, -0.2) is 0 Å². The molecule has 1 fully saturated rings. The Bertz CT molecular complexity index is 241. The lowest BCUT2D eigenvalue weighted by atomic mass is 10.2. The van der Waals surface area contributed by atoms with Gasteiger partial charge in [0.15, 0.2) is 0 Å². The highest BCUT2D eigenvalue weighted by atomic mass is 31.2. The molecule has 0 aromatic rings. The summed E-state index contributed by atoms with van der Waals surface area (Å²) in [5.74, 6) is -0.968. The van der Waals surface area contributed by atoms with Gasteiger partial charge in [0.25, 0.3) is 0 Å². The smallest absolute Gasteiger partial charge is 0.323 e. The minimum Gasteiger partial charge on any atom is -0.323 e. The molecule has 1 saturated heterocycles. The van der Waals surface area contributed by atoms with E-state index in [1.807, 2.05) is 0 Å². The summed E-state index contributed by atoms with van der Waals surface area (Å²) in [6.07, 6.45) is 0. The first-order valence-electron chi connectivity index (χ1n) is 2.64. The minimum absolute atomic E-state index is 0.968. The summed E-state index contributed by atoms with van der Waals surface area (Å²) < 4.78 is 10.4. The normalized spacial score (nSPS) is 38.8. The van der Waals surface area contributed by atoms with Crippen LogP contribution in [0, 0.1) is 11.3 Å². The van der Waals surface area contributed by atoms with Crippen molar-refractivity contribution in [3.8, 4) is 6.07 Å². The highest BCUT2D eigenvalue weighted by molar-refractivity contribution is 7.53. The lowest BCUT2D eigenvalue weighted by Crippen LogP contribution is -2.06. The third kappa shape index (κ3) is 1.07. The quantitative estimate of drug-likeness (QED) is 0.352. The fourth-order valence-corrected chi connectivity index (χ4v) is 1.92.